The molecule has 3 nitrogen and oxygen atoms in total. The van der Waals surface area contributed by atoms with E-state index >= 15 is 0 Å². The van der Waals surface area contributed by atoms with Crippen molar-refractivity contribution in [3.63, 3.8) is 0 Å². The zero-order valence-corrected chi connectivity index (χ0v) is 77.9. The van der Waals surface area contributed by atoms with E-state index in [1.807, 2.05) is 36.4 Å². The summed E-state index contributed by atoms with van der Waals surface area (Å²) in [4.78, 5) is 0. The summed E-state index contributed by atoms with van der Waals surface area (Å²) in [5, 5.41) is 34.5. The highest BCUT2D eigenvalue weighted by Gasteiger charge is 2.26. The third-order valence-electron chi connectivity index (χ3n) is 29.7. The molecule has 0 saturated heterocycles. The van der Waals surface area contributed by atoms with Crippen LogP contribution in [0.2, 0.25) is 0 Å². The zero-order valence-electron chi connectivity index (χ0n) is 77.9. The standard InChI is InChI=1S/C52H32O.C46H28O.C42H26O/c1-2-12-34-29-37(24-23-33(34)11-1)35-13-9-14-36(30-35)38-25-27-41-39(31-38)15-10-21-43(41)52-46-19-5-3-17-44(46)51(45-18-4-6-20-47(45)52)40-26-28-50-48(32-40)42-16-7-8-22-49(42)53-50;1-2-12-30-27-33(24-23-29(30)11-1)44-37-14-3-5-16-39(37)45(40-17-6-4-15-38(40)44)36-20-9-13-31-28-32(25-26-34(31)36)35-19-10-22-43-46(35)41-18-7-8-21-42(41)47-43;1-2-12-27(13-3-1)40-33-15-4-6-17-35(33)41(36-18-7-5-16-34(36)40)32-21-10-14-28-26-29(24-25-30(28)32)31-20-11-23-39-42(31)37-19-8-9-22-38(37)43-39/h1-32H;1-28H;1-26H. The highest BCUT2D eigenvalue weighted by atomic mass is 16.3. The Balaban J connectivity index is 0.000000105. The fraction of sp³-hybridized carbons (Fsp3) is 0. The molecule has 0 N–H and O–H groups in total. The first-order valence-electron chi connectivity index (χ1n) is 49.2. The fourth-order valence-corrected chi connectivity index (χ4v) is 23.3. The Morgan fingerprint density at radius 1 is 0.0979 bits per heavy atom. The molecule has 30 rings (SSSR count). The zero-order chi connectivity index (χ0) is 94.1. The van der Waals surface area contributed by atoms with Gasteiger partial charge in [-0.1, -0.05) is 443 Å². The van der Waals surface area contributed by atoms with E-state index in [2.05, 4.69) is 485 Å². The van der Waals surface area contributed by atoms with Gasteiger partial charge in [0.2, 0.25) is 0 Å². The summed E-state index contributed by atoms with van der Waals surface area (Å²) in [5.74, 6) is 0. The van der Waals surface area contributed by atoms with Gasteiger partial charge in [-0.2, -0.15) is 0 Å². The molecule has 3 aromatic heterocycles. The van der Waals surface area contributed by atoms with Crippen LogP contribution < -0.4 is 0 Å². The van der Waals surface area contributed by atoms with Crippen LogP contribution >= 0.6 is 0 Å². The molecule has 3 heteroatoms. The maximum atomic E-state index is 6.22. The molecule has 664 valence electrons. The smallest absolute Gasteiger partial charge is 0.136 e. The Labute approximate surface area is 824 Å². The maximum absolute atomic E-state index is 6.22. The fourth-order valence-electron chi connectivity index (χ4n) is 23.3. The third kappa shape index (κ3) is 13.9. The van der Waals surface area contributed by atoms with Crippen molar-refractivity contribution in [3.05, 3.63) is 522 Å². The minimum Gasteiger partial charge on any atom is -0.456 e. The van der Waals surface area contributed by atoms with Crippen LogP contribution in [0.4, 0.5) is 0 Å². The van der Waals surface area contributed by atoms with E-state index in [1.54, 1.807) is 0 Å². The lowest BCUT2D eigenvalue weighted by atomic mass is 9.84. The van der Waals surface area contributed by atoms with Crippen molar-refractivity contribution in [1.82, 2.24) is 0 Å². The molecule has 0 bridgehead atoms. The molecule has 0 saturated carbocycles. The van der Waals surface area contributed by atoms with Gasteiger partial charge in [0.05, 0.1) is 0 Å². The lowest BCUT2D eigenvalue weighted by molar-refractivity contribution is 0.668. The average Bonchev–Trinajstić information content (AvgIpc) is 1.70. The van der Waals surface area contributed by atoms with Crippen molar-refractivity contribution in [2.75, 3.05) is 0 Å². The molecule has 0 amide bonds. The first-order valence-corrected chi connectivity index (χ1v) is 49.2. The minimum atomic E-state index is 0.913. The van der Waals surface area contributed by atoms with Crippen LogP contribution in [-0.2, 0) is 0 Å². The van der Waals surface area contributed by atoms with Crippen LogP contribution in [0.1, 0.15) is 0 Å². The van der Waals surface area contributed by atoms with Gasteiger partial charge in [0.15, 0.2) is 0 Å². The number of para-hydroxylation sites is 3. The van der Waals surface area contributed by atoms with E-state index in [1.165, 1.54) is 241 Å². The highest BCUT2D eigenvalue weighted by Crippen LogP contribution is 2.53. The van der Waals surface area contributed by atoms with Gasteiger partial charge >= 0.3 is 0 Å². The van der Waals surface area contributed by atoms with Gasteiger partial charge in [0.25, 0.3) is 0 Å². The van der Waals surface area contributed by atoms with Gasteiger partial charge in [-0.25, -0.2) is 0 Å². The van der Waals surface area contributed by atoms with Crippen molar-refractivity contribution >= 4 is 184 Å². The van der Waals surface area contributed by atoms with Gasteiger partial charge < -0.3 is 13.3 Å². The minimum absolute atomic E-state index is 0.913. The molecule has 0 fully saturated rings. The lowest BCUT2D eigenvalue weighted by Gasteiger charge is -2.19. The lowest BCUT2D eigenvalue weighted by Crippen LogP contribution is -1.92. The van der Waals surface area contributed by atoms with Crippen LogP contribution in [0.25, 0.3) is 296 Å². The summed E-state index contributed by atoms with van der Waals surface area (Å²) in [6, 6.07) is 189. The summed E-state index contributed by atoms with van der Waals surface area (Å²) in [6.07, 6.45) is 0. The molecule has 0 aliphatic carbocycles. The Bertz CT molecular complexity index is 10300. The summed E-state index contributed by atoms with van der Waals surface area (Å²) in [6.45, 7) is 0. The number of fused-ring (bicyclic) bond motifs is 20. The predicted octanol–water partition coefficient (Wildman–Crippen LogP) is 40.1. The van der Waals surface area contributed by atoms with Crippen molar-refractivity contribution < 1.29 is 13.3 Å². The van der Waals surface area contributed by atoms with Gasteiger partial charge in [0.1, 0.15) is 33.5 Å². The molecule has 0 atom stereocenters. The highest BCUT2D eigenvalue weighted by molar-refractivity contribution is 6.29. The van der Waals surface area contributed by atoms with E-state index in [0.717, 1.165) is 55.0 Å². The van der Waals surface area contributed by atoms with Crippen LogP contribution in [0, 0.1) is 0 Å². The van der Waals surface area contributed by atoms with E-state index in [9.17, 15) is 0 Å². The van der Waals surface area contributed by atoms with Gasteiger partial charge in [-0.3, -0.25) is 0 Å². The molecule has 30 aromatic rings. The Kier molecular flexibility index (Phi) is 19.7. The average molecular weight is 1820 g/mol. The second-order valence-corrected chi connectivity index (χ2v) is 37.7. The molecule has 0 aliphatic heterocycles. The van der Waals surface area contributed by atoms with Crippen molar-refractivity contribution in [2.45, 2.75) is 0 Å². The Morgan fingerprint density at radius 2 is 0.343 bits per heavy atom. The van der Waals surface area contributed by atoms with Crippen molar-refractivity contribution in [3.8, 4) is 111 Å². The molecule has 0 spiro atoms. The maximum Gasteiger partial charge on any atom is 0.136 e. The quantitative estimate of drug-likeness (QED) is 0.128. The predicted molar refractivity (Wildman–Crippen MR) is 608 cm³/mol. The molecular weight excluding hydrogens is 1730 g/mol. The molecule has 0 radical (unpaired) electrons. The normalized spacial score (nSPS) is 11.8. The van der Waals surface area contributed by atoms with Gasteiger partial charge in [-0.15, -0.1) is 0 Å². The second kappa shape index (κ2) is 34.1. The number of hydrogen-bond acceptors (Lipinski definition) is 3. The third-order valence-corrected chi connectivity index (χ3v) is 29.7. The van der Waals surface area contributed by atoms with Crippen LogP contribution in [0.3, 0.4) is 0 Å². The van der Waals surface area contributed by atoms with Crippen molar-refractivity contribution in [1.29, 1.82) is 0 Å². The van der Waals surface area contributed by atoms with E-state index in [-0.39, 0.29) is 0 Å². The monoisotopic (exact) mass is 1810 g/mol. The van der Waals surface area contributed by atoms with Crippen molar-refractivity contribution in [2.24, 2.45) is 0 Å². The van der Waals surface area contributed by atoms with E-state index in [0.29, 0.717) is 0 Å². The number of rotatable bonds is 10. The Hall–Kier alpha value is -18.8. The summed E-state index contributed by atoms with van der Waals surface area (Å²) >= 11 is 0. The molecule has 0 aliphatic rings. The molecule has 3 heterocycles. The number of furan rings is 3. The summed E-state index contributed by atoms with van der Waals surface area (Å²) in [7, 11) is 0. The van der Waals surface area contributed by atoms with Gasteiger partial charge in [0, 0.05) is 32.3 Å². The van der Waals surface area contributed by atoms with Crippen LogP contribution in [0.5, 0.6) is 0 Å². The van der Waals surface area contributed by atoms with Crippen LogP contribution in [0.15, 0.2) is 535 Å². The molecule has 0 unspecified atom stereocenters. The topological polar surface area (TPSA) is 39.4 Å². The van der Waals surface area contributed by atoms with Crippen LogP contribution in [-0.4, -0.2) is 0 Å². The molecule has 27 aromatic carbocycles. The number of benzene rings is 27. The first-order chi connectivity index (χ1) is 70.9. The van der Waals surface area contributed by atoms with E-state index < -0.39 is 0 Å². The summed E-state index contributed by atoms with van der Waals surface area (Å²) in [5.41, 5.74) is 30.2. The number of hydrogen-bond donors (Lipinski definition) is 0. The summed E-state index contributed by atoms with van der Waals surface area (Å²) < 4.78 is 18.6. The largest absolute Gasteiger partial charge is 0.456 e. The Morgan fingerprint density at radius 3 is 0.769 bits per heavy atom. The molecule has 143 heavy (non-hydrogen) atoms. The second-order valence-electron chi connectivity index (χ2n) is 37.7. The SMILES string of the molecule is c1cc(-c2ccc3ccccc3c2)cc(-c2ccc3c(-c4c5ccccc5c(-c5ccc6oc7ccccc7c6c5)c5ccccc45)cccc3c2)c1.c1ccc(-c2c3ccccc3c(-c3cccc4cc(-c5cccc6oc7ccccc7c56)ccc34)c3ccccc23)cc1.c1ccc2cc(-c3c4ccccc4c(-c4cccc5cc(-c6cccc7oc8ccccc8c67)ccc45)c4ccccc34)ccc2c1. The first kappa shape index (κ1) is 82.5. The van der Waals surface area contributed by atoms with E-state index in [4.69, 9.17) is 13.3 Å². The van der Waals surface area contributed by atoms with Gasteiger partial charge in [-0.05, 0) is 309 Å². The molecular formula is C140H86O3.